The van der Waals surface area contributed by atoms with Crippen LogP contribution in [0.2, 0.25) is 0 Å². The molecule has 0 bridgehead atoms. The number of carbonyl (C=O) groups is 1. The molecule has 34 heavy (non-hydrogen) atoms. The molecule has 3 rings (SSSR count). The van der Waals surface area contributed by atoms with Gasteiger partial charge in [-0.25, -0.2) is 4.39 Å². The van der Waals surface area contributed by atoms with Crippen LogP contribution < -0.4 is 5.32 Å². The highest BCUT2D eigenvalue weighted by atomic mass is 19.1. The third-order valence-corrected chi connectivity index (χ3v) is 5.64. The maximum atomic E-state index is 15.7. The van der Waals surface area contributed by atoms with E-state index >= 15 is 4.39 Å². The molecule has 0 unspecified atom stereocenters. The third kappa shape index (κ3) is 7.59. The van der Waals surface area contributed by atoms with Gasteiger partial charge in [0.2, 0.25) is 0 Å². The van der Waals surface area contributed by atoms with Gasteiger partial charge in [0.05, 0.1) is 5.57 Å². The van der Waals surface area contributed by atoms with Crippen molar-refractivity contribution in [2.24, 2.45) is 0 Å². The number of halogens is 1. The number of nitrogens with one attached hydrogen (secondary N) is 1. The number of benzene rings is 2. The van der Waals surface area contributed by atoms with E-state index in [0.717, 1.165) is 30.8 Å². The lowest BCUT2D eigenvalue weighted by atomic mass is 10.1. The average molecular weight is 465 g/mol. The Hall–Kier alpha value is -3.38. The van der Waals surface area contributed by atoms with Crippen molar-refractivity contribution in [1.82, 2.24) is 10.2 Å². The smallest absolute Gasteiger partial charge is 0.254 e. The van der Waals surface area contributed by atoms with E-state index in [9.17, 15) is 4.79 Å². The first-order valence-corrected chi connectivity index (χ1v) is 11.7. The van der Waals surface area contributed by atoms with Gasteiger partial charge in [0, 0.05) is 13.1 Å². The van der Waals surface area contributed by atoms with Crippen molar-refractivity contribution >= 4 is 5.91 Å². The van der Waals surface area contributed by atoms with Gasteiger partial charge in [0.15, 0.2) is 11.6 Å². The Morgan fingerprint density at radius 3 is 2.12 bits per heavy atom. The Kier molecular flexibility index (Phi) is 9.92. The summed E-state index contributed by atoms with van der Waals surface area (Å²) in [4.78, 5) is 15.0. The van der Waals surface area contributed by atoms with Crippen molar-refractivity contribution in [1.29, 1.82) is 0 Å². The largest absolute Gasteiger partial charge is 0.490 e. The van der Waals surface area contributed by atoms with Gasteiger partial charge in [-0.1, -0.05) is 73.3 Å². The maximum Gasteiger partial charge on any atom is 0.254 e. The van der Waals surface area contributed by atoms with Gasteiger partial charge in [-0.3, -0.25) is 4.79 Å². The zero-order valence-electron chi connectivity index (χ0n) is 19.8. The van der Waals surface area contributed by atoms with Crippen LogP contribution >= 0.6 is 0 Å². The minimum Gasteiger partial charge on any atom is -0.490 e. The van der Waals surface area contributed by atoms with Gasteiger partial charge >= 0.3 is 0 Å². The molecule has 1 saturated heterocycles. The minimum atomic E-state index is -0.796. The highest BCUT2D eigenvalue weighted by Gasteiger charge is 2.21. The maximum absolute atomic E-state index is 15.7. The van der Waals surface area contributed by atoms with Crippen molar-refractivity contribution in [2.45, 2.75) is 33.0 Å². The van der Waals surface area contributed by atoms with Crippen LogP contribution in [0.3, 0.4) is 0 Å². The van der Waals surface area contributed by atoms with Crippen molar-refractivity contribution in [2.75, 3.05) is 26.2 Å². The van der Waals surface area contributed by atoms with Crippen LogP contribution in [0.5, 0.6) is 0 Å². The van der Waals surface area contributed by atoms with Crippen LogP contribution in [0, 0.1) is 0 Å². The molecule has 0 saturated carbocycles. The molecule has 2 aromatic rings. The normalized spacial score (nSPS) is 15.2. The fourth-order valence-electron chi connectivity index (χ4n) is 3.71. The lowest BCUT2D eigenvalue weighted by molar-refractivity contribution is -0.117. The van der Waals surface area contributed by atoms with Gasteiger partial charge in [-0.15, -0.1) is 0 Å². The Bertz CT molecular complexity index is 997. The first-order chi connectivity index (χ1) is 16.6. The van der Waals surface area contributed by atoms with Crippen molar-refractivity contribution < 1.29 is 18.7 Å². The summed E-state index contributed by atoms with van der Waals surface area (Å²) in [6.07, 6.45) is 3.57. The van der Waals surface area contributed by atoms with E-state index < -0.39 is 11.7 Å². The topological polar surface area (TPSA) is 50.8 Å². The molecule has 180 valence electrons. The molecule has 2 aromatic carbocycles. The van der Waals surface area contributed by atoms with Gasteiger partial charge in [0.25, 0.3) is 5.91 Å². The molecular formula is C28H33FN2O3. The first-order valence-electron chi connectivity index (χ1n) is 11.7. The third-order valence-electron chi connectivity index (χ3n) is 5.64. The van der Waals surface area contributed by atoms with Crippen LogP contribution in [0.1, 0.15) is 30.9 Å². The number of hydrogen-bond donors (Lipinski definition) is 1. The summed E-state index contributed by atoms with van der Waals surface area (Å²) in [5, 5.41) is 2.80. The van der Waals surface area contributed by atoms with Gasteiger partial charge in [0.1, 0.15) is 19.0 Å². The second-order valence-corrected chi connectivity index (χ2v) is 8.17. The monoisotopic (exact) mass is 464 g/mol. The number of nitrogens with zero attached hydrogens (tertiary/aromatic N) is 1. The molecule has 0 spiro atoms. The predicted octanol–water partition coefficient (Wildman–Crippen LogP) is 5.27. The number of likely N-dealkylation sites (tertiary alicyclic amines) is 1. The number of amides is 1. The molecule has 1 amide bonds. The van der Waals surface area contributed by atoms with E-state index in [4.69, 9.17) is 9.47 Å². The molecule has 0 aromatic heterocycles. The SMILES string of the molecule is C=C/C(C(=O)NCCN1CCCC1)=C(F)\C(OCc1ccccc1)=C(/C)OCc1ccccc1. The molecule has 0 aliphatic carbocycles. The Balaban J connectivity index is 1.76. The highest BCUT2D eigenvalue weighted by molar-refractivity contribution is 5.97. The molecular weight excluding hydrogens is 431 g/mol. The van der Waals surface area contributed by atoms with Crippen LogP contribution in [0.4, 0.5) is 4.39 Å². The van der Waals surface area contributed by atoms with E-state index in [-0.39, 0.29) is 30.3 Å². The molecule has 0 atom stereocenters. The van der Waals surface area contributed by atoms with E-state index in [1.54, 1.807) is 6.92 Å². The lowest BCUT2D eigenvalue weighted by Crippen LogP contribution is -2.34. The summed E-state index contributed by atoms with van der Waals surface area (Å²) in [6, 6.07) is 19.0. The minimum absolute atomic E-state index is 0.107. The van der Waals surface area contributed by atoms with Crippen molar-refractivity contribution in [3.8, 4) is 0 Å². The summed E-state index contributed by atoms with van der Waals surface area (Å²) in [5.74, 6) is -1.18. The van der Waals surface area contributed by atoms with Crippen molar-refractivity contribution in [3.05, 3.63) is 107 Å². The van der Waals surface area contributed by atoms with Crippen LogP contribution in [0.25, 0.3) is 0 Å². The summed E-state index contributed by atoms with van der Waals surface area (Å²) in [5.41, 5.74) is 1.64. The van der Waals surface area contributed by atoms with Gasteiger partial charge in [-0.05, 0) is 44.0 Å². The number of allylic oxidation sites excluding steroid dienone is 2. The number of carbonyl (C=O) groups excluding carboxylic acids is 1. The van der Waals surface area contributed by atoms with E-state index in [0.29, 0.717) is 6.54 Å². The van der Waals surface area contributed by atoms with Crippen LogP contribution in [-0.2, 0) is 27.5 Å². The van der Waals surface area contributed by atoms with E-state index in [2.05, 4.69) is 16.8 Å². The second kappa shape index (κ2) is 13.4. The standard InChI is InChI=1S/C28H33FN2O3/c1-3-25(28(32)30-16-19-31-17-10-11-18-31)26(29)27(34-21-24-14-8-5-9-15-24)22(2)33-20-23-12-6-4-7-13-23/h3-9,12-15H,1,10-11,16-21H2,2H3,(H,30,32)/b26-25-,27-22-. The highest BCUT2D eigenvalue weighted by Crippen LogP contribution is 2.25. The van der Waals surface area contributed by atoms with Crippen LogP contribution in [0.15, 0.2) is 96.2 Å². The molecule has 5 nitrogen and oxygen atoms in total. The summed E-state index contributed by atoms with van der Waals surface area (Å²) < 4.78 is 27.3. The molecule has 1 aliphatic heterocycles. The Morgan fingerprint density at radius 1 is 1.00 bits per heavy atom. The first kappa shape index (κ1) is 25.2. The predicted molar refractivity (Wildman–Crippen MR) is 132 cm³/mol. The molecule has 1 fully saturated rings. The molecule has 1 heterocycles. The lowest BCUT2D eigenvalue weighted by Gasteiger charge is -2.17. The molecule has 0 radical (unpaired) electrons. The van der Waals surface area contributed by atoms with Gasteiger partial charge < -0.3 is 19.7 Å². The molecule has 1 N–H and O–H groups in total. The van der Waals surface area contributed by atoms with Gasteiger partial charge in [-0.2, -0.15) is 0 Å². The summed E-state index contributed by atoms with van der Waals surface area (Å²) in [7, 11) is 0. The Labute approximate surface area is 201 Å². The second-order valence-electron chi connectivity index (χ2n) is 8.17. The molecule has 1 aliphatic rings. The fraction of sp³-hybridized carbons (Fsp3) is 0.321. The van der Waals surface area contributed by atoms with Crippen molar-refractivity contribution in [3.63, 3.8) is 0 Å². The number of ether oxygens (including phenoxy) is 2. The number of rotatable bonds is 12. The van der Waals surface area contributed by atoms with E-state index in [1.165, 1.54) is 18.9 Å². The quantitative estimate of drug-likeness (QED) is 0.264. The number of hydrogen-bond acceptors (Lipinski definition) is 4. The summed E-state index contributed by atoms with van der Waals surface area (Å²) in [6.45, 7) is 8.93. The van der Waals surface area contributed by atoms with Crippen LogP contribution in [-0.4, -0.2) is 37.0 Å². The fourth-order valence-corrected chi connectivity index (χ4v) is 3.71. The molecule has 6 heteroatoms. The van der Waals surface area contributed by atoms with E-state index in [1.807, 2.05) is 60.7 Å². The zero-order chi connectivity index (χ0) is 24.2. The zero-order valence-corrected chi connectivity index (χ0v) is 19.8. The average Bonchev–Trinajstić information content (AvgIpc) is 3.38. The Morgan fingerprint density at radius 2 is 1.56 bits per heavy atom. The summed E-state index contributed by atoms with van der Waals surface area (Å²) >= 11 is 0.